The molecule has 0 amide bonds. The first-order valence-electron chi connectivity index (χ1n) is 12.4. The van der Waals surface area contributed by atoms with Gasteiger partial charge in [0, 0.05) is 36.9 Å². The minimum absolute atomic E-state index is 0.0427. The van der Waals surface area contributed by atoms with Crippen molar-refractivity contribution < 1.29 is 19.0 Å². The van der Waals surface area contributed by atoms with E-state index in [0.29, 0.717) is 24.2 Å². The number of rotatable bonds is 11. The zero-order valence-corrected chi connectivity index (χ0v) is 20.3. The molecule has 0 spiro atoms. The number of nitrogens with zero attached hydrogens (tertiary/aromatic N) is 3. The third kappa shape index (κ3) is 6.75. The van der Waals surface area contributed by atoms with Crippen molar-refractivity contribution in [2.75, 3.05) is 26.7 Å². The lowest BCUT2D eigenvalue weighted by Gasteiger charge is -2.38. The lowest BCUT2D eigenvalue weighted by molar-refractivity contribution is -0.139. The summed E-state index contributed by atoms with van der Waals surface area (Å²) < 4.78 is 20.8. The number of aryl methyl sites for hydroxylation is 1. The first-order valence-corrected chi connectivity index (χ1v) is 12.4. The van der Waals surface area contributed by atoms with Crippen molar-refractivity contribution >= 4 is 16.9 Å². The highest BCUT2D eigenvalue weighted by Gasteiger charge is 2.31. The molecule has 4 rings (SSSR count). The van der Waals surface area contributed by atoms with Crippen LogP contribution in [0.3, 0.4) is 0 Å². The molecule has 6 nitrogen and oxygen atoms in total. The molecule has 3 heterocycles. The van der Waals surface area contributed by atoms with Gasteiger partial charge in [0.1, 0.15) is 11.9 Å². The fourth-order valence-electron chi connectivity index (χ4n) is 5.31. The van der Waals surface area contributed by atoms with Crippen LogP contribution in [-0.2, 0) is 11.2 Å². The minimum atomic E-state index is -1.13. The predicted octanol–water partition coefficient (Wildman–Crippen LogP) is 5.47. The standard InChI is InChI=1S/C28H34FN3O3/c1-35-23-7-9-27-25(17-23)24(10-13-31-27)26(29)8-6-21-11-15-32(19-22(21)16-28(33)34)14-3-5-20-4-2-12-30-18-20/h2,4,7,9-10,12-13,17-18,21-22,26H,3,5-6,8,11,14-16,19H2,1H3,(H,33,34)/t21-,22+,26-/m1/s1. The van der Waals surface area contributed by atoms with E-state index in [1.165, 1.54) is 5.56 Å². The second-order valence-electron chi connectivity index (χ2n) is 9.50. The van der Waals surface area contributed by atoms with Crippen LogP contribution in [0.2, 0.25) is 0 Å². The first kappa shape index (κ1) is 25.0. The molecule has 2 aromatic heterocycles. The van der Waals surface area contributed by atoms with Crippen molar-refractivity contribution in [3.63, 3.8) is 0 Å². The van der Waals surface area contributed by atoms with Gasteiger partial charge in [-0.1, -0.05) is 6.07 Å². The summed E-state index contributed by atoms with van der Waals surface area (Å²) in [4.78, 5) is 22.5. The number of methoxy groups -OCH3 is 1. The largest absolute Gasteiger partial charge is 0.497 e. The summed E-state index contributed by atoms with van der Waals surface area (Å²) in [5.41, 5.74) is 2.59. The number of piperidine rings is 1. The molecule has 1 aromatic carbocycles. The van der Waals surface area contributed by atoms with Crippen LogP contribution in [0.4, 0.5) is 4.39 Å². The van der Waals surface area contributed by atoms with Crippen molar-refractivity contribution in [1.82, 2.24) is 14.9 Å². The van der Waals surface area contributed by atoms with E-state index < -0.39 is 12.1 Å². The quantitative estimate of drug-likeness (QED) is 0.393. The Bertz CT molecular complexity index is 1110. The highest BCUT2D eigenvalue weighted by atomic mass is 19.1. The molecule has 0 radical (unpaired) electrons. The summed E-state index contributed by atoms with van der Waals surface area (Å²) in [7, 11) is 1.60. The van der Waals surface area contributed by atoms with Crippen molar-refractivity contribution in [3.05, 3.63) is 66.1 Å². The van der Waals surface area contributed by atoms with E-state index in [0.717, 1.165) is 49.8 Å². The number of fused-ring (bicyclic) bond motifs is 1. The third-order valence-corrected chi connectivity index (χ3v) is 7.19. The number of aromatic nitrogens is 2. The number of likely N-dealkylation sites (tertiary alicyclic amines) is 1. The molecule has 3 aromatic rings. The molecule has 1 N–H and O–H groups in total. The van der Waals surface area contributed by atoms with Crippen LogP contribution in [0, 0.1) is 11.8 Å². The molecule has 0 aliphatic carbocycles. The second-order valence-corrected chi connectivity index (χ2v) is 9.50. The average Bonchev–Trinajstić information content (AvgIpc) is 2.87. The maximum Gasteiger partial charge on any atom is 0.303 e. The molecule has 3 atom stereocenters. The zero-order valence-electron chi connectivity index (χ0n) is 20.3. The Labute approximate surface area is 206 Å². The van der Waals surface area contributed by atoms with E-state index in [1.54, 1.807) is 25.6 Å². The molecule has 0 saturated carbocycles. The van der Waals surface area contributed by atoms with Gasteiger partial charge in [-0.15, -0.1) is 0 Å². The number of ether oxygens (including phenoxy) is 1. The van der Waals surface area contributed by atoms with Crippen molar-refractivity contribution in [3.8, 4) is 5.75 Å². The lowest BCUT2D eigenvalue weighted by atomic mass is 9.79. The van der Waals surface area contributed by atoms with E-state index in [9.17, 15) is 9.90 Å². The van der Waals surface area contributed by atoms with Crippen molar-refractivity contribution in [2.24, 2.45) is 11.8 Å². The van der Waals surface area contributed by atoms with Gasteiger partial charge in [0.2, 0.25) is 0 Å². The summed E-state index contributed by atoms with van der Waals surface area (Å²) >= 11 is 0. The fourth-order valence-corrected chi connectivity index (χ4v) is 5.31. The van der Waals surface area contributed by atoms with E-state index >= 15 is 4.39 Å². The van der Waals surface area contributed by atoms with Gasteiger partial charge in [0.25, 0.3) is 0 Å². The van der Waals surface area contributed by atoms with Gasteiger partial charge in [-0.25, -0.2) is 4.39 Å². The molecule has 35 heavy (non-hydrogen) atoms. The number of benzene rings is 1. The van der Waals surface area contributed by atoms with E-state index in [1.807, 2.05) is 30.5 Å². The predicted molar refractivity (Wildman–Crippen MR) is 134 cm³/mol. The number of halogens is 1. The van der Waals surface area contributed by atoms with Gasteiger partial charge in [0.15, 0.2) is 0 Å². The number of pyridine rings is 2. The monoisotopic (exact) mass is 479 g/mol. The molecule has 7 heteroatoms. The Morgan fingerprint density at radius 2 is 2.14 bits per heavy atom. The molecular weight excluding hydrogens is 445 g/mol. The number of aliphatic carboxylic acids is 1. The minimum Gasteiger partial charge on any atom is -0.497 e. The topological polar surface area (TPSA) is 75.5 Å². The summed E-state index contributed by atoms with van der Waals surface area (Å²) in [6, 6.07) is 11.3. The molecule has 1 aliphatic rings. The molecule has 0 unspecified atom stereocenters. The molecule has 1 saturated heterocycles. The molecule has 186 valence electrons. The Morgan fingerprint density at radius 3 is 2.91 bits per heavy atom. The zero-order chi connectivity index (χ0) is 24.6. The summed E-state index contributed by atoms with van der Waals surface area (Å²) in [5.74, 6) is 0.153. The fraction of sp³-hybridized carbons (Fsp3) is 0.464. The van der Waals surface area contributed by atoms with Gasteiger partial charge in [-0.3, -0.25) is 14.8 Å². The van der Waals surface area contributed by atoms with Gasteiger partial charge in [0.05, 0.1) is 12.6 Å². The lowest BCUT2D eigenvalue weighted by Crippen LogP contribution is -2.42. The molecule has 0 bridgehead atoms. The maximum atomic E-state index is 15.4. The van der Waals surface area contributed by atoms with E-state index in [-0.39, 0.29) is 18.3 Å². The van der Waals surface area contributed by atoms with Gasteiger partial charge in [-0.05, 0) is 98.5 Å². The Kier molecular flexibility index (Phi) is 8.64. The summed E-state index contributed by atoms with van der Waals surface area (Å²) in [5, 5.41) is 10.3. The number of alkyl halides is 1. The number of carbonyl (C=O) groups is 1. The Balaban J connectivity index is 1.35. The van der Waals surface area contributed by atoms with Crippen molar-refractivity contribution in [1.29, 1.82) is 0 Å². The van der Waals surface area contributed by atoms with E-state index in [2.05, 4.69) is 20.9 Å². The van der Waals surface area contributed by atoms with Gasteiger partial charge in [-0.2, -0.15) is 0 Å². The molecule has 1 fully saturated rings. The van der Waals surface area contributed by atoms with Crippen molar-refractivity contribution in [2.45, 2.75) is 44.7 Å². The van der Waals surface area contributed by atoms with Crippen LogP contribution in [0.5, 0.6) is 5.75 Å². The van der Waals surface area contributed by atoms with Crippen LogP contribution >= 0.6 is 0 Å². The Morgan fingerprint density at radius 1 is 1.26 bits per heavy atom. The Hall–Kier alpha value is -3.06. The maximum absolute atomic E-state index is 15.4. The van der Waals surface area contributed by atoms with Crippen LogP contribution in [-0.4, -0.2) is 52.7 Å². The normalized spacial score (nSPS) is 19.5. The SMILES string of the molecule is COc1ccc2nccc([C@H](F)CC[C@@H]3CCN(CCCc4cccnc4)C[C@@H]3CC(=O)O)c2c1. The molecular formula is C28H34FN3O3. The number of carboxylic acid groups (broad SMARTS) is 1. The van der Waals surface area contributed by atoms with Gasteiger partial charge >= 0.3 is 5.97 Å². The van der Waals surface area contributed by atoms with Crippen LogP contribution < -0.4 is 4.74 Å². The van der Waals surface area contributed by atoms with Crippen LogP contribution in [0.15, 0.2) is 55.0 Å². The third-order valence-electron chi connectivity index (χ3n) is 7.19. The highest BCUT2D eigenvalue weighted by Crippen LogP contribution is 2.36. The van der Waals surface area contributed by atoms with E-state index in [4.69, 9.17) is 4.74 Å². The van der Waals surface area contributed by atoms with Crippen LogP contribution in [0.1, 0.15) is 49.4 Å². The first-order chi connectivity index (χ1) is 17.0. The summed E-state index contributed by atoms with van der Waals surface area (Å²) in [6.45, 7) is 2.63. The smallest absolute Gasteiger partial charge is 0.303 e. The number of carboxylic acids is 1. The second kappa shape index (κ2) is 12.1. The molecule has 1 aliphatic heterocycles. The van der Waals surface area contributed by atoms with Crippen LogP contribution in [0.25, 0.3) is 10.9 Å². The highest BCUT2D eigenvalue weighted by molar-refractivity contribution is 5.83. The number of hydrogen-bond donors (Lipinski definition) is 1. The summed E-state index contributed by atoms with van der Waals surface area (Å²) in [6.07, 6.45) is 8.26. The number of hydrogen-bond acceptors (Lipinski definition) is 5. The average molecular weight is 480 g/mol. The van der Waals surface area contributed by atoms with Gasteiger partial charge < -0.3 is 14.7 Å².